The van der Waals surface area contributed by atoms with Crippen LogP contribution in [0.15, 0.2) is 176 Å². The third kappa shape index (κ3) is 4.58. The minimum atomic E-state index is 0.609. The molecule has 8 aromatic carbocycles. The summed E-state index contributed by atoms with van der Waals surface area (Å²) in [7, 11) is 0. The number of hydrogen-bond acceptors (Lipinski definition) is 2. The summed E-state index contributed by atoms with van der Waals surface area (Å²) < 4.78 is 6.91. The molecule has 0 amide bonds. The second kappa shape index (κ2) is 11.8. The zero-order chi connectivity index (χ0) is 36.6. The lowest BCUT2D eigenvalue weighted by molar-refractivity contribution is 1.16. The molecule has 3 heterocycles. The van der Waals surface area contributed by atoms with Crippen LogP contribution in [0.25, 0.3) is 93.6 Å². The van der Waals surface area contributed by atoms with Crippen LogP contribution >= 0.6 is 0 Å². The second-order valence-corrected chi connectivity index (χ2v) is 14.1. The van der Waals surface area contributed by atoms with Crippen LogP contribution in [0.3, 0.4) is 0 Å². The molecule has 0 saturated carbocycles. The Balaban J connectivity index is 1.09. The summed E-state index contributed by atoms with van der Waals surface area (Å²) in [6.07, 6.45) is 0. The van der Waals surface area contributed by atoms with Gasteiger partial charge in [-0.05, 0) is 102 Å². The fourth-order valence-corrected chi connectivity index (χ4v) is 8.70. The van der Waals surface area contributed by atoms with Crippen LogP contribution in [0.1, 0.15) is 11.1 Å². The Morgan fingerprint density at radius 3 is 1.33 bits per heavy atom. The van der Waals surface area contributed by atoms with Crippen LogP contribution in [-0.2, 0) is 0 Å². The predicted octanol–water partition coefficient (Wildman–Crippen LogP) is 12.4. The van der Waals surface area contributed by atoms with Crippen molar-refractivity contribution < 1.29 is 0 Å². The van der Waals surface area contributed by atoms with E-state index in [1.54, 1.807) is 0 Å². The zero-order valence-corrected chi connectivity index (χ0v) is 29.5. The average molecular weight is 700 g/mol. The van der Waals surface area contributed by atoms with E-state index in [1.807, 2.05) is 24.3 Å². The first-order valence-electron chi connectivity index (χ1n) is 18.3. The molecule has 0 atom stereocenters. The Morgan fingerprint density at radius 1 is 0.291 bits per heavy atom. The largest absolute Gasteiger partial charge is 0.309 e. The van der Waals surface area contributed by atoms with Gasteiger partial charge in [-0.1, -0.05) is 84.9 Å². The maximum Gasteiger partial charge on any atom is 0.0992 e. The third-order valence-electron chi connectivity index (χ3n) is 11.0. The lowest BCUT2D eigenvalue weighted by Gasteiger charge is -2.14. The van der Waals surface area contributed by atoms with Gasteiger partial charge in [0.1, 0.15) is 0 Å². The summed E-state index contributed by atoms with van der Waals surface area (Å²) in [4.78, 5) is 0. The first-order valence-corrected chi connectivity index (χ1v) is 18.3. The first-order chi connectivity index (χ1) is 27.2. The highest BCUT2D eigenvalue weighted by atomic mass is 15.0. The Kier molecular flexibility index (Phi) is 6.61. The van der Waals surface area contributed by atoms with E-state index in [0.29, 0.717) is 11.1 Å². The van der Waals surface area contributed by atoms with E-state index in [-0.39, 0.29) is 0 Å². The van der Waals surface area contributed by atoms with Crippen molar-refractivity contribution in [3.63, 3.8) is 0 Å². The monoisotopic (exact) mass is 699 g/mol. The molecule has 5 nitrogen and oxygen atoms in total. The standard InChI is InChI=1S/C50H29N5/c51-30-32-20-22-49-43(26-32)41-14-3-7-18-47(41)54(49)37-21-23-50-44(29-37)42-15-4-8-19-48(42)53(50)36-11-9-10-34(27-36)35-24-33(31-52)25-38(28-35)55-45-16-5-1-12-39(45)40-13-2-6-17-46(40)55/h1-29H. The Labute approximate surface area is 316 Å². The summed E-state index contributed by atoms with van der Waals surface area (Å²) in [6.45, 7) is 0. The van der Waals surface area contributed by atoms with E-state index >= 15 is 0 Å². The number of hydrogen-bond donors (Lipinski definition) is 0. The van der Waals surface area contributed by atoms with Gasteiger partial charge in [-0.3, -0.25) is 0 Å². The predicted molar refractivity (Wildman–Crippen MR) is 224 cm³/mol. The van der Waals surface area contributed by atoms with Crippen molar-refractivity contribution in [2.75, 3.05) is 0 Å². The molecule has 0 N–H and O–H groups in total. The fraction of sp³-hybridized carbons (Fsp3) is 0. The van der Waals surface area contributed by atoms with Gasteiger partial charge in [0.2, 0.25) is 0 Å². The van der Waals surface area contributed by atoms with Gasteiger partial charge in [0.05, 0.1) is 56.4 Å². The average Bonchev–Trinajstić information content (AvgIpc) is 3.89. The summed E-state index contributed by atoms with van der Waals surface area (Å²) in [6, 6.07) is 66.1. The van der Waals surface area contributed by atoms with Gasteiger partial charge in [-0.15, -0.1) is 0 Å². The molecule has 0 aliphatic rings. The normalized spacial score (nSPS) is 11.6. The van der Waals surface area contributed by atoms with Crippen molar-refractivity contribution in [1.82, 2.24) is 13.7 Å². The van der Waals surface area contributed by atoms with E-state index in [4.69, 9.17) is 0 Å². The van der Waals surface area contributed by atoms with Gasteiger partial charge < -0.3 is 13.7 Å². The second-order valence-electron chi connectivity index (χ2n) is 14.1. The van der Waals surface area contributed by atoms with Crippen LogP contribution in [0.5, 0.6) is 0 Å². The van der Waals surface area contributed by atoms with Crippen LogP contribution in [-0.4, -0.2) is 13.7 Å². The van der Waals surface area contributed by atoms with Gasteiger partial charge >= 0.3 is 0 Å². The lowest BCUT2D eigenvalue weighted by atomic mass is 10.0. The Hall–Kier alpha value is -7.86. The number of benzene rings is 8. The SMILES string of the molecule is N#Cc1cc(-c2cccc(-n3c4ccccc4c4cc(-n5c6ccccc6c6cc(C#N)ccc65)ccc43)c2)cc(-n2c3ccccc3c3ccccc32)c1. The van der Waals surface area contributed by atoms with Crippen molar-refractivity contribution >= 4 is 65.4 Å². The number of para-hydroxylation sites is 4. The van der Waals surface area contributed by atoms with Gasteiger partial charge in [-0.25, -0.2) is 0 Å². The fourth-order valence-electron chi connectivity index (χ4n) is 8.70. The molecule has 0 unspecified atom stereocenters. The Bertz CT molecular complexity index is 3420. The van der Waals surface area contributed by atoms with Crippen LogP contribution in [0.4, 0.5) is 0 Å². The molecule has 0 aliphatic carbocycles. The smallest absolute Gasteiger partial charge is 0.0992 e. The van der Waals surface area contributed by atoms with E-state index in [2.05, 4.69) is 177 Å². The highest BCUT2D eigenvalue weighted by Gasteiger charge is 2.18. The lowest BCUT2D eigenvalue weighted by Crippen LogP contribution is -1.97. The summed E-state index contributed by atoms with van der Waals surface area (Å²) in [5.74, 6) is 0. The van der Waals surface area contributed by atoms with E-state index < -0.39 is 0 Å². The van der Waals surface area contributed by atoms with Crippen molar-refractivity contribution in [2.45, 2.75) is 0 Å². The molecule has 0 fully saturated rings. The Morgan fingerprint density at radius 2 is 0.745 bits per heavy atom. The van der Waals surface area contributed by atoms with Crippen molar-refractivity contribution in [2.24, 2.45) is 0 Å². The molecule has 3 aromatic heterocycles. The topological polar surface area (TPSA) is 62.4 Å². The summed E-state index contributed by atoms with van der Waals surface area (Å²) >= 11 is 0. The minimum Gasteiger partial charge on any atom is -0.309 e. The van der Waals surface area contributed by atoms with Crippen LogP contribution in [0, 0.1) is 22.7 Å². The number of nitrogens with zero attached hydrogens (tertiary/aromatic N) is 5. The van der Waals surface area contributed by atoms with Crippen molar-refractivity contribution in [1.29, 1.82) is 10.5 Å². The van der Waals surface area contributed by atoms with Crippen LogP contribution < -0.4 is 0 Å². The molecule has 0 radical (unpaired) electrons. The van der Waals surface area contributed by atoms with Crippen LogP contribution in [0.2, 0.25) is 0 Å². The zero-order valence-electron chi connectivity index (χ0n) is 29.5. The third-order valence-corrected chi connectivity index (χ3v) is 11.0. The highest BCUT2D eigenvalue weighted by molar-refractivity contribution is 6.13. The molecular weight excluding hydrogens is 671 g/mol. The molecule has 5 heteroatoms. The van der Waals surface area contributed by atoms with Gasteiger partial charge in [0.25, 0.3) is 0 Å². The van der Waals surface area contributed by atoms with Crippen molar-refractivity contribution in [3.8, 4) is 40.3 Å². The molecule has 11 aromatic rings. The van der Waals surface area contributed by atoms with E-state index in [0.717, 1.165) is 82.8 Å². The molecular formula is C50H29N5. The molecule has 0 bridgehead atoms. The van der Waals surface area contributed by atoms with Gasteiger partial charge in [-0.2, -0.15) is 10.5 Å². The quantitative estimate of drug-likeness (QED) is 0.184. The van der Waals surface area contributed by atoms with Gasteiger partial charge in [0.15, 0.2) is 0 Å². The molecule has 0 aliphatic heterocycles. The van der Waals surface area contributed by atoms with E-state index in [9.17, 15) is 10.5 Å². The van der Waals surface area contributed by atoms with Crippen molar-refractivity contribution in [3.05, 3.63) is 187 Å². The maximum absolute atomic E-state index is 10.3. The van der Waals surface area contributed by atoms with E-state index in [1.165, 1.54) is 10.8 Å². The number of fused-ring (bicyclic) bond motifs is 9. The number of nitriles is 2. The number of rotatable bonds is 4. The molecule has 11 rings (SSSR count). The molecule has 0 saturated heterocycles. The summed E-state index contributed by atoms with van der Waals surface area (Å²) in [5, 5.41) is 26.8. The summed E-state index contributed by atoms with van der Waals surface area (Å²) in [5.41, 5.74) is 12.9. The first kappa shape index (κ1) is 30.7. The molecule has 254 valence electrons. The highest BCUT2D eigenvalue weighted by Crippen LogP contribution is 2.39. The molecule has 55 heavy (non-hydrogen) atoms. The molecule has 0 spiro atoms. The van der Waals surface area contributed by atoms with Gasteiger partial charge in [0, 0.05) is 49.4 Å². The maximum atomic E-state index is 10.3. The minimum absolute atomic E-state index is 0.609. The number of aromatic nitrogens is 3.